The van der Waals surface area contributed by atoms with Gasteiger partial charge in [0.2, 0.25) is 5.91 Å². The van der Waals surface area contributed by atoms with Gasteiger partial charge in [-0.1, -0.05) is 24.3 Å². The fourth-order valence-electron chi connectivity index (χ4n) is 3.59. The number of piperidine rings is 1. The molecule has 1 aliphatic heterocycles. The number of hydrogen-bond acceptors (Lipinski definition) is 4. The highest BCUT2D eigenvalue weighted by molar-refractivity contribution is 5.94. The topological polar surface area (TPSA) is 67.9 Å². The molecule has 0 aromatic heterocycles. The van der Waals surface area contributed by atoms with Gasteiger partial charge in [-0.3, -0.25) is 9.59 Å². The van der Waals surface area contributed by atoms with Crippen molar-refractivity contribution in [2.24, 2.45) is 0 Å². The molecule has 0 bridgehead atoms. The molecule has 2 amide bonds. The summed E-state index contributed by atoms with van der Waals surface area (Å²) in [6.07, 6.45) is 4.38. The summed E-state index contributed by atoms with van der Waals surface area (Å²) in [6, 6.07) is 15.1. The number of amides is 2. The van der Waals surface area contributed by atoms with E-state index in [9.17, 15) is 9.59 Å². The molecule has 3 rings (SSSR count). The number of carbonyl (C=O) groups excluding carboxylic acids is 2. The van der Waals surface area contributed by atoms with Crippen LogP contribution < -0.4 is 14.8 Å². The van der Waals surface area contributed by atoms with E-state index in [4.69, 9.17) is 9.47 Å². The second kappa shape index (κ2) is 12.0. The molecule has 0 aliphatic carbocycles. The van der Waals surface area contributed by atoms with Crippen LogP contribution in [-0.2, 0) is 11.3 Å². The number of para-hydroxylation sites is 2. The van der Waals surface area contributed by atoms with E-state index in [1.54, 1.807) is 0 Å². The zero-order chi connectivity index (χ0) is 21.9. The lowest BCUT2D eigenvalue weighted by Gasteiger charge is -2.26. The van der Waals surface area contributed by atoms with Crippen molar-refractivity contribution in [2.45, 2.75) is 45.6 Å². The Balaban J connectivity index is 1.36. The summed E-state index contributed by atoms with van der Waals surface area (Å²) < 4.78 is 11.3. The second-order valence-electron chi connectivity index (χ2n) is 7.66. The van der Waals surface area contributed by atoms with E-state index in [1.807, 2.05) is 60.4 Å². The Labute approximate surface area is 184 Å². The molecule has 1 heterocycles. The zero-order valence-electron chi connectivity index (χ0n) is 18.3. The first-order valence-electron chi connectivity index (χ1n) is 11.2. The molecule has 1 N–H and O–H groups in total. The van der Waals surface area contributed by atoms with Crippen molar-refractivity contribution < 1.29 is 19.1 Å². The normalized spacial score (nSPS) is 13.5. The number of nitrogens with zero attached hydrogens (tertiary/aromatic N) is 1. The first-order valence-corrected chi connectivity index (χ1v) is 11.2. The number of rotatable bonds is 10. The highest BCUT2D eigenvalue weighted by atomic mass is 16.5. The number of carbonyl (C=O) groups is 2. The lowest BCUT2D eigenvalue weighted by molar-refractivity contribution is -0.121. The van der Waals surface area contributed by atoms with E-state index in [0.29, 0.717) is 43.9 Å². The average Bonchev–Trinajstić information content (AvgIpc) is 2.82. The van der Waals surface area contributed by atoms with Crippen molar-refractivity contribution in [3.63, 3.8) is 0 Å². The molecule has 2 aromatic carbocycles. The van der Waals surface area contributed by atoms with Crippen LogP contribution in [0.15, 0.2) is 48.5 Å². The van der Waals surface area contributed by atoms with Crippen LogP contribution in [0, 0.1) is 0 Å². The number of nitrogens with one attached hydrogen (secondary N) is 1. The van der Waals surface area contributed by atoms with Gasteiger partial charge in [0, 0.05) is 31.6 Å². The first kappa shape index (κ1) is 22.7. The number of likely N-dealkylation sites (tertiary alicyclic amines) is 1. The summed E-state index contributed by atoms with van der Waals surface area (Å²) in [5.41, 5.74) is 1.69. The van der Waals surface area contributed by atoms with Gasteiger partial charge in [0.25, 0.3) is 5.91 Å². The third-order valence-corrected chi connectivity index (χ3v) is 5.29. The highest BCUT2D eigenvalue weighted by Crippen LogP contribution is 2.26. The Morgan fingerprint density at radius 1 is 0.935 bits per heavy atom. The largest absolute Gasteiger partial charge is 0.490 e. The van der Waals surface area contributed by atoms with Crippen LogP contribution in [0.25, 0.3) is 0 Å². The van der Waals surface area contributed by atoms with Gasteiger partial charge in [-0.05, 0) is 62.4 Å². The van der Waals surface area contributed by atoms with Crippen molar-refractivity contribution in [3.05, 3.63) is 59.7 Å². The minimum Gasteiger partial charge on any atom is -0.490 e. The summed E-state index contributed by atoms with van der Waals surface area (Å²) >= 11 is 0. The number of hydrogen-bond donors (Lipinski definition) is 1. The molecule has 0 saturated carbocycles. The zero-order valence-corrected chi connectivity index (χ0v) is 18.3. The number of ether oxygens (including phenoxy) is 2. The van der Waals surface area contributed by atoms with Crippen LogP contribution in [0.1, 0.15) is 54.9 Å². The minimum absolute atomic E-state index is 0.0184. The summed E-state index contributed by atoms with van der Waals surface area (Å²) in [5.74, 6) is 1.50. The number of benzene rings is 2. The second-order valence-corrected chi connectivity index (χ2v) is 7.66. The summed E-state index contributed by atoms with van der Waals surface area (Å²) in [5, 5.41) is 2.93. The quantitative estimate of drug-likeness (QED) is 0.581. The van der Waals surface area contributed by atoms with E-state index in [-0.39, 0.29) is 11.8 Å². The van der Waals surface area contributed by atoms with E-state index in [0.717, 1.165) is 37.2 Å². The fourth-order valence-corrected chi connectivity index (χ4v) is 3.59. The molecular formula is C25H32N2O4. The van der Waals surface area contributed by atoms with Gasteiger partial charge >= 0.3 is 0 Å². The standard InChI is InChI=1S/C25H32N2O4/c1-2-30-22-9-4-5-10-23(22)31-18-8-11-24(28)26-19-20-12-14-21(15-13-20)25(29)27-16-6-3-7-17-27/h4-5,9-10,12-15H,2-3,6-8,11,16-19H2,1H3,(H,26,28). The van der Waals surface area contributed by atoms with Crippen LogP contribution in [0.4, 0.5) is 0 Å². The lowest BCUT2D eigenvalue weighted by atomic mass is 10.1. The van der Waals surface area contributed by atoms with Gasteiger partial charge in [0.15, 0.2) is 11.5 Å². The van der Waals surface area contributed by atoms with Crippen LogP contribution in [-0.4, -0.2) is 43.0 Å². The molecule has 0 radical (unpaired) electrons. The van der Waals surface area contributed by atoms with Gasteiger partial charge < -0.3 is 19.7 Å². The summed E-state index contributed by atoms with van der Waals surface area (Å²) in [6.45, 7) is 5.10. The summed E-state index contributed by atoms with van der Waals surface area (Å²) in [4.78, 5) is 26.6. The molecule has 31 heavy (non-hydrogen) atoms. The van der Waals surface area contributed by atoms with Crippen molar-refractivity contribution >= 4 is 11.8 Å². The Morgan fingerprint density at radius 3 is 2.29 bits per heavy atom. The van der Waals surface area contributed by atoms with Gasteiger partial charge in [0.1, 0.15) is 0 Å². The molecule has 1 aliphatic rings. The monoisotopic (exact) mass is 424 g/mol. The van der Waals surface area contributed by atoms with Gasteiger partial charge in [-0.15, -0.1) is 0 Å². The van der Waals surface area contributed by atoms with E-state index < -0.39 is 0 Å². The predicted octanol–water partition coefficient (Wildman–Crippen LogP) is 4.19. The van der Waals surface area contributed by atoms with Crippen molar-refractivity contribution in [3.8, 4) is 11.5 Å². The Bertz CT molecular complexity index is 845. The lowest BCUT2D eigenvalue weighted by Crippen LogP contribution is -2.35. The van der Waals surface area contributed by atoms with E-state index in [1.165, 1.54) is 6.42 Å². The molecule has 6 nitrogen and oxygen atoms in total. The average molecular weight is 425 g/mol. The Kier molecular flexibility index (Phi) is 8.76. The molecular weight excluding hydrogens is 392 g/mol. The Morgan fingerprint density at radius 2 is 1.61 bits per heavy atom. The maximum absolute atomic E-state index is 12.5. The van der Waals surface area contributed by atoms with Gasteiger partial charge in [0.05, 0.1) is 13.2 Å². The predicted molar refractivity (Wildman–Crippen MR) is 120 cm³/mol. The molecule has 1 fully saturated rings. The maximum Gasteiger partial charge on any atom is 0.253 e. The van der Waals surface area contributed by atoms with Crippen LogP contribution in [0.2, 0.25) is 0 Å². The van der Waals surface area contributed by atoms with Crippen LogP contribution >= 0.6 is 0 Å². The van der Waals surface area contributed by atoms with Gasteiger partial charge in [-0.25, -0.2) is 0 Å². The molecule has 0 unspecified atom stereocenters. The Hall–Kier alpha value is -3.02. The first-order chi connectivity index (χ1) is 15.2. The van der Waals surface area contributed by atoms with Crippen molar-refractivity contribution in [1.29, 1.82) is 0 Å². The fraction of sp³-hybridized carbons (Fsp3) is 0.440. The third kappa shape index (κ3) is 7.02. The van der Waals surface area contributed by atoms with Crippen molar-refractivity contribution in [2.75, 3.05) is 26.3 Å². The van der Waals surface area contributed by atoms with Crippen molar-refractivity contribution in [1.82, 2.24) is 10.2 Å². The molecule has 2 aromatic rings. The highest BCUT2D eigenvalue weighted by Gasteiger charge is 2.17. The van der Waals surface area contributed by atoms with Crippen LogP contribution in [0.3, 0.4) is 0 Å². The molecule has 1 saturated heterocycles. The minimum atomic E-state index is -0.0184. The molecule has 0 spiro atoms. The van der Waals surface area contributed by atoms with E-state index in [2.05, 4.69) is 5.32 Å². The SMILES string of the molecule is CCOc1ccccc1OCCCC(=O)NCc1ccc(C(=O)N2CCCCC2)cc1. The van der Waals surface area contributed by atoms with E-state index >= 15 is 0 Å². The van der Waals surface area contributed by atoms with Crippen LogP contribution in [0.5, 0.6) is 11.5 Å². The third-order valence-electron chi connectivity index (χ3n) is 5.29. The molecule has 0 atom stereocenters. The van der Waals surface area contributed by atoms with Gasteiger partial charge in [-0.2, -0.15) is 0 Å². The molecule has 166 valence electrons. The summed E-state index contributed by atoms with van der Waals surface area (Å²) in [7, 11) is 0. The smallest absolute Gasteiger partial charge is 0.253 e. The molecule has 6 heteroatoms. The maximum atomic E-state index is 12.5.